The Morgan fingerprint density at radius 3 is 2.30 bits per heavy atom. The molecule has 0 atom stereocenters. The van der Waals surface area contributed by atoms with Crippen molar-refractivity contribution in [3.05, 3.63) is 36.0 Å². The molecule has 0 aliphatic heterocycles. The van der Waals surface area contributed by atoms with Gasteiger partial charge in [0.05, 0.1) is 4.90 Å². The van der Waals surface area contributed by atoms with Crippen LogP contribution in [0.5, 0.6) is 0 Å². The fourth-order valence-corrected chi connectivity index (χ4v) is 3.14. The molecular weight excluding hydrogens is 297 g/mol. The summed E-state index contributed by atoms with van der Waals surface area (Å²) in [6, 6.07) is 6.71. The summed E-state index contributed by atoms with van der Waals surface area (Å²) >= 11 is 0. The molecule has 0 spiro atoms. The molecule has 108 valence electrons. The number of hydrogen-bond donors (Lipinski definition) is 3. The quantitative estimate of drug-likeness (QED) is 0.590. The average molecular weight is 306 g/mol. The Morgan fingerprint density at radius 2 is 1.80 bits per heavy atom. The Morgan fingerprint density at radius 1 is 1.20 bits per heavy atom. The minimum atomic E-state index is -4.90. The van der Waals surface area contributed by atoms with Crippen LogP contribution in [0.15, 0.2) is 40.1 Å². The largest absolute Gasteiger partial charge is 0.434 e. The lowest BCUT2D eigenvalue weighted by molar-refractivity contribution is -0.143. The van der Waals surface area contributed by atoms with E-state index in [0.717, 1.165) is 0 Å². The number of anilines is 1. The summed E-state index contributed by atoms with van der Waals surface area (Å²) in [4.78, 5) is -1.32. The van der Waals surface area contributed by atoms with Crippen LogP contribution in [0.4, 0.5) is 19.0 Å². The van der Waals surface area contributed by atoms with Crippen LogP contribution in [0.3, 0.4) is 0 Å². The second-order valence-electron chi connectivity index (χ2n) is 3.73. The highest BCUT2D eigenvalue weighted by Gasteiger charge is 2.42. The molecule has 0 amide bonds. The first kappa shape index (κ1) is 14.3. The van der Waals surface area contributed by atoms with Gasteiger partial charge in [-0.05, 0) is 12.1 Å². The zero-order valence-corrected chi connectivity index (χ0v) is 10.6. The molecular formula is C10H9F3N4O2S. The van der Waals surface area contributed by atoms with Gasteiger partial charge in [-0.3, -0.25) is 5.10 Å². The molecule has 20 heavy (non-hydrogen) atoms. The normalized spacial score (nSPS) is 12.4. The van der Waals surface area contributed by atoms with Crippen molar-refractivity contribution in [1.29, 1.82) is 0 Å². The highest BCUT2D eigenvalue weighted by molar-refractivity contribution is 7.91. The predicted octanol–water partition coefficient (Wildman–Crippen LogP) is 1.55. The van der Waals surface area contributed by atoms with Crippen molar-refractivity contribution in [1.82, 2.24) is 10.2 Å². The summed E-state index contributed by atoms with van der Waals surface area (Å²) in [7, 11) is -4.41. The second-order valence-corrected chi connectivity index (χ2v) is 5.62. The van der Waals surface area contributed by atoms with Crippen molar-refractivity contribution in [2.75, 3.05) is 5.43 Å². The van der Waals surface area contributed by atoms with Crippen molar-refractivity contribution >= 4 is 15.7 Å². The average Bonchev–Trinajstić information content (AvgIpc) is 2.84. The third kappa shape index (κ3) is 2.34. The number of benzene rings is 1. The number of sulfone groups is 1. The van der Waals surface area contributed by atoms with Gasteiger partial charge in [0.15, 0.2) is 11.5 Å². The Hall–Kier alpha value is -2.07. The summed E-state index contributed by atoms with van der Waals surface area (Å²) in [5, 5.41) is 4.88. The zero-order chi connectivity index (χ0) is 15.0. The zero-order valence-electron chi connectivity index (χ0n) is 9.77. The van der Waals surface area contributed by atoms with E-state index in [1.165, 1.54) is 24.3 Å². The number of hydrogen-bond acceptors (Lipinski definition) is 5. The fourth-order valence-electron chi connectivity index (χ4n) is 1.60. The summed E-state index contributed by atoms with van der Waals surface area (Å²) in [6.45, 7) is 0. The number of rotatable bonds is 3. The standard InChI is InChI=1S/C10H9F3N4O2S/c11-10(12,13)8-7(9(15-14)17-16-8)20(18,19)6-4-2-1-3-5-6/h1-5H,14H2,(H2,15,16,17). The number of hydrazine groups is 1. The van der Waals surface area contributed by atoms with Crippen LogP contribution in [-0.4, -0.2) is 18.6 Å². The number of nitrogens with two attached hydrogens (primary N) is 1. The van der Waals surface area contributed by atoms with Crippen LogP contribution >= 0.6 is 0 Å². The van der Waals surface area contributed by atoms with Gasteiger partial charge in [0.2, 0.25) is 9.84 Å². The number of aromatic amines is 1. The molecule has 0 unspecified atom stereocenters. The Kier molecular flexibility index (Phi) is 3.44. The lowest BCUT2D eigenvalue weighted by Crippen LogP contribution is -2.16. The lowest BCUT2D eigenvalue weighted by atomic mass is 10.4. The van der Waals surface area contributed by atoms with E-state index < -0.39 is 32.4 Å². The van der Waals surface area contributed by atoms with Crippen molar-refractivity contribution in [3.63, 3.8) is 0 Å². The van der Waals surface area contributed by atoms with Gasteiger partial charge in [0.1, 0.15) is 4.90 Å². The topological polar surface area (TPSA) is 101 Å². The van der Waals surface area contributed by atoms with E-state index in [0.29, 0.717) is 0 Å². The van der Waals surface area contributed by atoms with Crippen molar-refractivity contribution in [2.24, 2.45) is 5.84 Å². The molecule has 0 saturated carbocycles. The van der Waals surface area contributed by atoms with Gasteiger partial charge in [-0.1, -0.05) is 18.2 Å². The lowest BCUT2D eigenvalue weighted by Gasteiger charge is -2.09. The molecule has 4 N–H and O–H groups in total. The fraction of sp³-hybridized carbons (Fsp3) is 0.100. The van der Waals surface area contributed by atoms with E-state index in [2.05, 4.69) is 5.10 Å². The van der Waals surface area contributed by atoms with Crippen LogP contribution in [0.2, 0.25) is 0 Å². The van der Waals surface area contributed by atoms with Gasteiger partial charge in [0.25, 0.3) is 0 Å². The number of alkyl halides is 3. The van der Waals surface area contributed by atoms with Gasteiger partial charge in [-0.25, -0.2) is 14.3 Å². The van der Waals surface area contributed by atoms with E-state index in [-0.39, 0.29) is 4.90 Å². The Bertz CT molecular complexity index is 710. The monoisotopic (exact) mass is 306 g/mol. The molecule has 2 rings (SSSR count). The molecule has 1 aromatic heterocycles. The van der Waals surface area contributed by atoms with E-state index >= 15 is 0 Å². The molecule has 0 fully saturated rings. The summed E-state index contributed by atoms with van der Waals surface area (Å²) in [5.74, 6) is 4.42. The molecule has 6 nitrogen and oxygen atoms in total. The number of aromatic nitrogens is 2. The van der Waals surface area contributed by atoms with E-state index in [9.17, 15) is 21.6 Å². The molecule has 0 radical (unpaired) electrons. The van der Waals surface area contributed by atoms with E-state index in [1.54, 1.807) is 11.2 Å². The summed E-state index contributed by atoms with van der Waals surface area (Å²) < 4.78 is 63.1. The molecule has 1 aromatic carbocycles. The number of halogens is 3. The van der Waals surface area contributed by atoms with Gasteiger partial charge >= 0.3 is 6.18 Å². The number of nitrogen functional groups attached to an aromatic ring is 1. The number of nitrogens with one attached hydrogen (secondary N) is 2. The molecule has 2 aromatic rings. The van der Waals surface area contributed by atoms with Crippen molar-refractivity contribution in [3.8, 4) is 0 Å². The minimum absolute atomic E-state index is 0.289. The second kappa shape index (κ2) is 4.80. The summed E-state index contributed by atoms with van der Waals surface area (Å²) in [5.41, 5.74) is 0.365. The van der Waals surface area contributed by atoms with Gasteiger partial charge in [0, 0.05) is 0 Å². The first-order valence-corrected chi connectivity index (χ1v) is 6.69. The van der Waals surface area contributed by atoms with Gasteiger partial charge < -0.3 is 5.43 Å². The van der Waals surface area contributed by atoms with Crippen LogP contribution in [0.25, 0.3) is 0 Å². The van der Waals surface area contributed by atoms with Gasteiger partial charge in [-0.15, -0.1) is 0 Å². The molecule has 0 saturated heterocycles. The molecule has 10 heteroatoms. The highest BCUT2D eigenvalue weighted by atomic mass is 32.2. The SMILES string of the molecule is NNc1n[nH]c(C(F)(F)F)c1S(=O)(=O)c1ccccc1. The molecule has 0 bridgehead atoms. The molecule has 0 aliphatic rings. The van der Waals surface area contributed by atoms with E-state index in [1.807, 2.05) is 5.43 Å². The minimum Gasteiger partial charge on any atom is -0.306 e. The first-order chi connectivity index (χ1) is 9.28. The third-order valence-corrected chi connectivity index (χ3v) is 4.29. The molecule has 1 heterocycles. The van der Waals surface area contributed by atoms with Crippen LogP contribution < -0.4 is 11.3 Å². The maximum Gasteiger partial charge on any atom is 0.434 e. The smallest absolute Gasteiger partial charge is 0.306 e. The van der Waals surface area contributed by atoms with Crippen LogP contribution in [0, 0.1) is 0 Å². The number of nitrogens with zero attached hydrogens (tertiary/aromatic N) is 1. The maximum atomic E-state index is 12.8. The predicted molar refractivity (Wildman–Crippen MR) is 63.3 cm³/mol. The van der Waals surface area contributed by atoms with Crippen LogP contribution in [0.1, 0.15) is 5.69 Å². The van der Waals surface area contributed by atoms with Gasteiger partial charge in [-0.2, -0.15) is 18.3 Å². The van der Waals surface area contributed by atoms with E-state index in [4.69, 9.17) is 5.84 Å². The molecule has 0 aliphatic carbocycles. The van der Waals surface area contributed by atoms with Crippen molar-refractivity contribution in [2.45, 2.75) is 16.0 Å². The Labute approximate surface area is 111 Å². The van der Waals surface area contributed by atoms with Crippen LogP contribution in [-0.2, 0) is 16.0 Å². The van der Waals surface area contributed by atoms with Crippen molar-refractivity contribution < 1.29 is 21.6 Å². The maximum absolute atomic E-state index is 12.8. The third-order valence-electron chi connectivity index (χ3n) is 2.46. The highest BCUT2D eigenvalue weighted by Crippen LogP contribution is 2.38. The number of H-pyrrole nitrogens is 1. The first-order valence-electron chi connectivity index (χ1n) is 5.21. The Balaban J connectivity index is 2.72. The summed E-state index contributed by atoms with van der Waals surface area (Å²) in [6.07, 6.45) is -4.90.